The van der Waals surface area contributed by atoms with Crippen molar-refractivity contribution in [3.05, 3.63) is 69.2 Å². The molecule has 1 aromatic heterocycles. The van der Waals surface area contributed by atoms with Crippen molar-refractivity contribution in [3.8, 4) is 0 Å². The highest BCUT2D eigenvalue weighted by molar-refractivity contribution is 6.31. The first-order valence-electron chi connectivity index (χ1n) is 7.99. The monoisotopic (exact) mass is 373 g/mol. The van der Waals surface area contributed by atoms with Crippen LogP contribution in [0.5, 0.6) is 0 Å². The first-order chi connectivity index (χ1) is 12.3. The van der Waals surface area contributed by atoms with Crippen LogP contribution in [0.1, 0.15) is 25.5 Å². The smallest absolute Gasteiger partial charge is 0.253 e. The summed E-state index contributed by atoms with van der Waals surface area (Å²) in [5, 5.41) is 6.69. The Balaban J connectivity index is 1.93. The standard InChI is InChI=1S/C19H17ClFN3O2/c1-10(22-14-4-3-5-15(9-14)23-11(2)25)16-7-12-6-13(20)8-17(21)18(12)24-19(16)26/h3-10,22H,1-2H3,(H,23,25)(H,24,26). The normalized spacial score (nSPS) is 12.0. The third-order valence-electron chi connectivity index (χ3n) is 3.93. The average molecular weight is 374 g/mol. The van der Waals surface area contributed by atoms with E-state index in [1.54, 1.807) is 30.3 Å². The minimum Gasteiger partial charge on any atom is -0.378 e. The Labute approximate surface area is 154 Å². The second-order valence-electron chi connectivity index (χ2n) is 6.03. The van der Waals surface area contributed by atoms with Crippen LogP contribution in [-0.2, 0) is 4.79 Å². The van der Waals surface area contributed by atoms with E-state index >= 15 is 0 Å². The van der Waals surface area contributed by atoms with Gasteiger partial charge in [0.2, 0.25) is 5.91 Å². The van der Waals surface area contributed by atoms with Gasteiger partial charge in [0.05, 0.1) is 11.6 Å². The summed E-state index contributed by atoms with van der Waals surface area (Å²) in [7, 11) is 0. The molecule has 3 aromatic rings. The van der Waals surface area contributed by atoms with Gasteiger partial charge in [-0.15, -0.1) is 0 Å². The number of amides is 1. The maximum absolute atomic E-state index is 14.0. The number of nitrogens with one attached hydrogen (secondary N) is 3. The molecule has 0 bridgehead atoms. The highest BCUT2D eigenvalue weighted by Gasteiger charge is 2.14. The third kappa shape index (κ3) is 3.86. The number of H-pyrrole nitrogens is 1. The lowest BCUT2D eigenvalue weighted by Crippen LogP contribution is -2.19. The number of rotatable bonds is 4. The Morgan fingerprint density at radius 3 is 2.65 bits per heavy atom. The van der Waals surface area contributed by atoms with Crippen LogP contribution >= 0.6 is 11.6 Å². The number of anilines is 2. The summed E-state index contributed by atoms with van der Waals surface area (Å²) in [6, 6.07) is 11.2. The van der Waals surface area contributed by atoms with Gasteiger partial charge in [0.15, 0.2) is 0 Å². The van der Waals surface area contributed by atoms with Gasteiger partial charge in [-0.1, -0.05) is 17.7 Å². The molecule has 0 aliphatic heterocycles. The van der Waals surface area contributed by atoms with Crippen LogP contribution in [0.4, 0.5) is 15.8 Å². The number of pyridine rings is 1. The van der Waals surface area contributed by atoms with Crippen molar-refractivity contribution in [1.82, 2.24) is 4.98 Å². The summed E-state index contributed by atoms with van der Waals surface area (Å²) in [6.07, 6.45) is 0. The summed E-state index contributed by atoms with van der Waals surface area (Å²) >= 11 is 5.90. The van der Waals surface area contributed by atoms with Gasteiger partial charge in [0.25, 0.3) is 5.56 Å². The van der Waals surface area contributed by atoms with Gasteiger partial charge >= 0.3 is 0 Å². The number of halogens is 2. The summed E-state index contributed by atoms with van der Waals surface area (Å²) in [5.74, 6) is -0.736. The lowest BCUT2D eigenvalue weighted by molar-refractivity contribution is -0.114. The molecule has 3 rings (SSSR count). The van der Waals surface area contributed by atoms with Crippen LogP contribution in [0.25, 0.3) is 10.9 Å². The molecule has 1 amide bonds. The Morgan fingerprint density at radius 1 is 1.19 bits per heavy atom. The van der Waals surface area contributed by atoms with Crippen LogP contribution < -0.4 is 16.2 Å². The van der Waals surface area contributed by atoms with E-state index in [-0.39, 0.29) is 28.0 Å². The molecule has 0 aliphatic carbocycles. The summed E-state index contributed by atoms with van der Waals surface area (Å²) in [4.78, 5) is 26.1. The van der Waals surface area contributed by atoms with Crippen molar-refractivity contribution in [1.29, 1.82) is 0 Å². The first-order valence-corrected chi connectivity index (χ1v) is 8.37. The fourth-order valence-corrected chi connectivity index (χ4v) is 3.01. The van der Waals surface area contributed by atoms with Crippen molar-refractivity contribution in [3.63, 3.8) is 0 Å². The molecule has 26 heavy (non-hydrogen) atoms. The second-order valence-corrected chi connectivity index (χ2v) is 6.47. The maximum atomic E-state index is 14.0. The largest absolute Gasteiger partial charge is 0.378 e. The predicted octanol–water partition coefficient (Wildman–Crippen LogP) is 4.45. The first kappa shape index (κ1) is 17.9. The molecule has 1 atom stereocenters. The van der Waals surface area contributed by atoms with E-state index in [0.717, 1.165) is 11.8 Å². The van der Waals surface area contributed by atoms with Crippen molar-refractivity contribution in [2.45, 2.75) is 19.9 Å². The Morgan fingerprint density at radius 2 is 1.92 bits per heavy atom. The van der Waals surface area contributed by atoms with Gasteiger partial charge in [-0.25, -0.2) is 4.39 Å². The molecule has 1 unspecified atom stereocenters. The molecule has 134 valence electrons. The molecule has 0 radical (unpaired) electrons. The van der Waals surface area contributed by atoms with Crippen molar-refractivity contribution in [2.75, 3.05) is 10.6 Å². The lowest BCUT2D eigenvalue weighted by Gasteiger charge is -2.16. The highest BCUT2D eigenvalue weighted by Crippen LogP contribution is 2.25. The van der Waals surface area contributed by atoms with Crippen molar-refractivity contribution >= 4 is 39.8 Å². The SMILES string of the molecule is CC(=O)Nc1cccc(NC(C)c2cc3cc(Cl)cc(F)c3[nH]c2=O)c1. The number of carbonyl (C=O) groups is 1. The highest BCUT2D eigenvalue weighted by atomic mass is 35.5. The summed E-state index contributed by atoms with van der Waals surface area (Å²) < 4.78 is 14.0. The van der Waals surface area contributed by atoms with Gasteiger partial charge in [-0.2, -0.15) is 0 Å². The molecule has 0 aliphatic rings. The van der Waals surface area contributed by atoms with E-state index in [1.807, 2.05) is 13.0 Å². The topological polar surface area (TPSA) is 74.0 Å². The van der Waals surface area contributed by atoms with Gasteiger partial charge in [0, 0.05) is 34.3 Å². The zero-order valence-corrected chi connectivity index (χ0v) is 14.9. The van der Waals surface area contributed by atoms with Crippen molar-refractivity contribution < 1.29 is 9.18 Å². The van der Waals surface area contributed by atoms with Crippen LogP contribution in [0, 0.1) is 5.82 Å². The van der Waals surface area contributed by atoms with E-state index in [4.69, 9.17) is 11.6 Å². The van der Waals surface area contributed by atoms with E-state index in [0.29, 0.717) is 16.6 Å². The van der Waals surface area contributed by atoms with Gasteiger partial charge in [-0.05, 0) is 43.3 Å². The molecule has 5 nitrogen and oxygen atoms in total. The van der Waals surface area contributed by atoms with E-state index in [9.17, 15) is 14.0 Å². The minimum atomic E-state index is -0.570. The molecule has 0 spiro atoms. The predicted molar refractivity (Wildman–Crippen MR) is 102 cm³/mol. The third-order valence-corrected chi connectivity index (χ3v) is 4.15. The van der Waals surface area contributed by atoms with Crippen LogP contribution in [0.2, 0.25) is 5.02 Å². The van der Waals surface area contributed by atoms with E-state index in [2.05, 4.69) is 15.6 Å². The molecule has 0 fully saturated rings. The van der Waals surface area contributed by atoms with Crippen LogP contribution in [0.3, 0.4) is 0 Å². The lowest BCUT2D eigenvalue weighted by atomic mass is 10.1. The number of fused-ring (bicyclic) bond motifs is 1. The molecule has 0 saturated heterocycles. The number of aromatic nitrogens is 1. The van der Waals surface area contributed by atoms with Gasteiger partial charge < -0.3 is 15.6 Å². The molecule has 7 heteroatoms. The molecule has 3 N–H and O–H groups in total. The number of hydrogen-bond acceptors (Lipinski definition) is 3. The molecular formula is C19H17ClFN3O2. The second kappa shape index (κ2) is 7.17. The van der Waals surface area contributed by atoms with Gasteiger partial charge in [0.1, 0.15) is 5.82 Å². The van der Waals surface area contributed by atoms with Crippen LogP contribution in [-0.4, -0.2) is 10.9 Å². The quantitative estimate of drug-likeness (QED) is 0.632. The van der Waals surface area contributed by atoms with Crippen molar-refractivity contribution in [2.24, 2.45) is 0 Å². The maximum Gasteiger partial charge on any atom is 0.253 e. The summed E-state index contributed by atoms with van der Waals surface area (Å²) in [6.45, 7) is 3.25. The van der Waals surface area contributed by atoms with E-state index in [1.165, 1.54) is 6.92 Å². The number of benzene rings is 2. The van der Waals surface area contributed by atoms with Crippen LogP contribution in [0.15, 0.2) is 47.3 Å². The average Bonchev–Trinajstić information content (AvgIpc) is 2.54. The molecular weight excluding hydrogens is 357 g/mol. The fraction of sp³-hybridized carbons (Fsp3) is 0.158. The Kier molecular flexibility index (Phi) is 4.95. The zero-order chi connectivity index (χ0) is 18.8. The van der Waals surface area contributed by atoms with Gasteiger partial charge in [-0.3, -0.25) is 9.59 Å². The fourth-order valence-electron chi connectivity index (χ4n) is 2.80. The number of aromatic amines is 1. The molecule has 1 heterocycles. The van der Waals surface area contributed by atoms with E-state index < -0.39 is 5.82 Å². The Hall–Kier alpha value is -2.86. The minimum absolute atomic E-state index is 0.128. The number of hydrogen-bond donors (Lipinski definition) is 3. The Bertz CT molecular complexity index is 1050. The molecule has 0 saturated carbocycles. The summed E-state index contributed by atoms with van der Waals surface area (Å²) in [5.41, 5.74) is 1.58. The molecule has 2 aromatic carbocycles. The number of carbonyl (C=O) groups excluding carboxylic acids is 1. The zero-order valence-electron chi connectivity index (χ0n) is 14.2.